The van der Waals surface area contributed by atoms with Crippen molar-refractivity contribution in [1.82, 2.24) is 14.7 Å². The van der Waals surface area contributed by atoms with E-state index in [0.717, 1.165) is 11.3 Å². The van der Waals surface area contributed by atoms with Crippen LogP contribution < -0.4 is 19.1 Å². The number of amides is 3. The summed E-state index contributed by atoms with van der Waals surface area (Å²) in [7, 11) is 1.61. The molecule has 0 N–H and O–H groups in total. The number of methoxy groups -OCH3 is 1. The summed E-state index contributed by atoms with van der Waals surface area (Å²) in [5, 5.41) is 0. The fourth-order valence-electron chi connectivity index (χ4n) is 6.28. The molecule has 2 aromatic rings. The van der Waals surface area contributed by atoms with Crippen molar-refractivity contribution in [2.75, 3.05) is 51.5 Å². The van der Waals surface area contributed by atoms with Gasteiger partial charge < -0.3 is 33.6 Å². The first-order valence-electron chi connectivity index (χ1n) is 16.1. The highest BCUT2D eigenvalue weighted by molar-refractivity contribution is 5.95. The average Bonchev–Trinajstić information content (AvgIpc) is 3.62. The van der Waals surface area contributed by atoms with Crippen molar-refractivity contribution < 1.29 is 33.3 Å². The Morgan fingerprint density at radius 1 is 0.913 bits per heavy atom. The summed E-state index contributed by atoms with van der Waals surface area (Å²) in [6.07, 6.45) is 0.466. The van der Waals surface area contributed by atoms with Gasteiger partial charge in [0.25, 0.3) is 0 Å². The van der Waals surface area contributed by atoms with Crippen LogP contribution in [-0.4, -0.2) is 96.9 Å². The first kappa shape index (κ1) is 33.4. The second-order valence-corrected chi connectivity index (χ2v) is 14.5. The Morgan fingerprint density at radius 3 is 2.28 bits per heavy atom. The highest BCUT2D eigenvalue weighted by atomic mass is 16.7. The molecule has 3 aliphatic heterocycles. The number of fused-ring (bicyclic) bond motifs is 1. The molecule has 0 aliphatic carbocycles. The highest BCUT2D eigenvalue weighted by Crippen LogP contribution is 2.36. The van der Waals surface area contributed by atoms with Gasteiger partial charge in [0, 0.05) is 57.4 Å². The molecule has 0 radical (unpaired) electrons. The number of anilines is 1. The Morgan fingerprint density at radius 2 is 1.61 bits per heavy atom. The standard InChI is InChI=1S/C35H48N4O7/c1-34(2,3)20-31(40)39(25-9-8-10-27(18-25)43-7)26-19-28(38(22-26)21-24-11-12-29-30(17-24)45-23-44-29)32(41)36-13-15-37(16-14-36)33(42)46-35(4,5)6/h8-12,17-18,26,28H,13-16,19-23H2,1-7H3/t26-,28+/m1/s1. The summed E-state index contributed by atoms with van der Waals surface area (Å²) in [6.45, 7) is 14.5. The van der Waals surface area contributed by atoms with Crippen molar-refractivity contribution in [3.05, 3.63) is 48.0 Å². The molecule has 2 atom stereocenters. The van der Waals surface area contributed by atoms with Crippen LogP contribution >= 0.6 is 0 Å². The predicted molar refractivity (Wildman–Crippen MR) is 174 cm³/mol. The molecular weight excluding hydrogens is 588 g/mol. The molecule has 11 nitrogen and oxygen atoms in total. The van der Waals surface area contributed by atoms with Gasteiger partial charge in [-0.05, 0) is 62.4 Å². The monoisotopic (exact) mass is 636 g/mol. The smallest absolute Gasteiger partial charge is 0.410 e. The van der Waals surface area contributed by atoms with E-state index in [9.17, 15) is 14.4 Å². The summed E-state index contributed by atoms with van der Waals surface area (Å²) < 4.78 is 22.2. The van der Waals surface area contributed by atoms with Gasteiger partial charge in [-0.1, -0.05) is 32.9 Å². The molecule has 2 aromatic carbocycles. The van der Waals surface area contributed by atoms with Crippen molar-refractivity contribution in [3.8, 4) is 17.2 Å². The van der Waals surface area contributed by atoms with E-state index in [1.165, 1.54) is 0 Å². The lowest BCUT2D eigenvalue weighted by molar-refractivity contribution is -0.138. The van der Waals surface area contributed by atoms with Crippen LogP contribution in [0.4, 0.5) is 10.5 Å². The Labute approximate surface area is 272 Å². The van der Waals surface area contributed by atoms with Crippen molar-refractivity contribution >= 4 is 23.6 Å². The van der Waals surface area contributed by atoms with E-state index in [2.05, 4.69) is 25.7 Å². The maximum atomic E-state index is 14.3. The number of ether oxygens (including phenoxy) is 4. The molecule has 250 valence electrons. The van der Waals surface area contributed by atoms with Crippen LogP contribution in [0.3, 0.4) is 0 Å². The Balaban J connectivity index is 1.40. The SMILES string of the molecule is COc1cccc(N(C(=O)CC(C)(C)C)[C@@H]2C[C@@H](C(=O)N3CCN(C(=O)OC(C)(C)C)CC3)N(Cc3ccc4c(c3)OCO4)C2)c1. The molecule has 3 heterocycles. The zero-order chi connectivity index (χ0) is 33.2. The van der Waals surface area contributed by atoms with Crippen LogP contribution in [0.5, 0.6) is 17.2 Å². The van der Waals surface area contributed by atoms with Crippen LogP contribution in [0.15, 0.2) is 42.5 Å². The molecule has 3 aliphatic rings. The van der Waals surface area contributed by atoms with Crippen molar-refractivity contribution in [1.29, 1.82) is 0 Å². The molecule has 0 bridgehead atoms. The summed E-state index contributed by atoms with van der Waals surface area (Å²) in [5.74, 6) is 2.06. The Hall–Kier alpha value is -3.99. The normalized spacial score (nSPS) is 20.1. The Kier molecular flexibility index (Phi) is 9.72. The second-order valence-electron chi connectivity index (χ2n) is 14.5. The topological polar surface area (TPSA) is 101 Å². The van der Waals surface area contributed by atoms with E-state index >= 15 is 0 Å². The van der Waals surface area contributed by atoms with Gasteiger partial charge in [0.1, 0.15) is 11.4 Å². The molecule has 2 saturated heterocycles. The molecule has 2 fully saturated rings. The average molecular weight is 637 g/mol. The number of carbonyl (C=O) groups excluding carboxylic acids is 3. The van der Waals surface area contributed by atoms with E-state index in [1.54, 1.807) is 12.0 Å². The van der Waals surface area contributed by atoms with Crippen molar-refractivity contribution in [2.24, 2.45) is 5.41 Å². The van der Waals surface area contributed by atoms with Gasteiger partial charge in [0.15, 0.2) is 11.5 Å². The van der Waals surface area contributed by atoms with Gasteiger partial charge in [-0.3, -0.25) is 14.5 Å². The predicted octanol–water partition coefficient (Wildman–Crippen LogP) is 4.92. The maximum Gasteiger partial charge on any atom is 0.410 e. The van der Waals surface area contributed by atoms with Crippen LogP contribution in [0.1, 0.15) is 59.9 Å². The number of rotatable bonds is 7. The summed E-state index contributed by atoms with van der Waals surface area (Å²) in [6, 6.07) is 12.7. The fraction of sp³-hybridized carbons (Fsp3) is 0.571. The lowest BCUT2D eigenvalue weighted by atomic mass is 9.91. The zero-order valence-electron chi connectivity index (χ0n) is 28.2. The van der Waals surface area contributed by atoms with E-state index in [4.69, 9.17) is 18.9 Å². The first-order chi connectivity index (χ1) is 21.7. The highest BCUT2D eigenvalue weighted by Gasteiger charge is 2.44. The van der Waals surface area contributed by atoms with E-state index < -0.39 is 11.6 Å². The van der Waals surface area contributed by atoms with Crippen molar-refractivity contribution in [3.63, 3.8) is 0 Å². The number of nitrogens with zero attached hydrogens (tertiary/aromatic N) is 4. The largest absolute Gasteiger partial charge is 0.497 e. The van der Waals surface area contributed by atoms with Crippen LogP contribution in [0, 0.1) is 5.41 Å². The lowest BCUT2D eigenvalue weighted by Gasteiger charge is -2.37. The minimum atomic E-state index is -0.586. The van der Waals surface area contributed by atoms with Gasteiger partial charge in [-0.2, -0.15) is 0 Å². The van der Waals surface area contributed by atoms with Gasteiger partial charge in [0.2, 0.25) is 18.6 Å². The van der Waals surface area contributed by atoms with Crippen molar-refractivity contribution in [2.45, 2.75) is 78.6 Å². The minimum absolute atomic E-state index is 0.000875. The number of hydrogen-bond donors (Lipinski definition) is 0. The Bertz CT molecular complexity index is 1420. The van der Waals surface area contributed by atoms with Crippen LogP contribution in [-0.2, 0) is 20.9 Å². The molecule has 5 rings (SSSR count). The maximum absolute atomic E-state index is 14.3. The molecule has 11 heteroatoms. The third-order valence-electron chi connectivity index (χ3n) is 8.38. The third kappa shape index (κ3) is 8.04. The quantitative estimate of drug-likeness (QED) is 0.423. The van der Waals surface area contributed by atoms with Gasteiger partial charge in [0.05, 0.1) is 19.2 Å². The van der Waals surface area contributed by atoms with E-state index in [0.29, 0.717) is 69.4 Å². The van der Waals surface area contributed by atoms with Crippen LogP contribution in [0.2, 0.25) is 0 Å². The molecule has 0 aromatic heterocycles. The molecule has 0 saturated carbocycles. The second kappa shape index (κ2) is 13.4. The zero-order valence-corrected chi connectivity index (χ0v) is 28.2. The molecule has 0 spiro atoms. The number of carbonyl (C=O) groups is 3. The van der Waals surface area contributed by atoms with Gasteiger partial charge in [-0.15, -0.1) is 0 Å². The fourth-order valence-corrected chi connectivity index (χ4v) is 6.28. The number of hydrogen-bond acceptors (Lipinski definition) is 8. The molecule has 3 amide bonds. The number of piperazine rings is 1. The summed E-state index contributed by atoms with van der Waals surface area (Å²) in [5.41, 5.74) is 0.936. The summed E-state index contributed by atoms with van der Waals surface area (Å²) in [4.78, 5) is 48.5. The van der Waals surface area contributed by atoms with Crippen LogP contribution in [0.25, 0.3) is 0 Å². The minimum Gasteiger partial charge on any atom is -0.497 e. The lowest BCUT2D eigenvalue weighted by Crippen LogP contribution is -2.55. The molecule has 0 unspecified atom stereocenters. The van der Waals surface area contributed by atoms with E-state index in [1.807, 2.05) is 73.0 Å². The molecular formula is C35H48N4O7. The molecule has 46 heavy (non-hydrogen) atoms. The summed E-state index contributed by atoms with van der Waals surface area (Å²) >= 11 is 0. The number of benzene rings is 2. The van der Waals surface area contributed by atoms with E-state index in [-0.39, 0.29) is 36.2 Å². The van der Waals surface area contributed by atoms with Gasteiger partial charge >= 0.3 is 6.09 Å². The number of likely N-dealkylation sites (tertiary alicyclic amines) is 1. The first-order valence-corrected chi connectivity index (χ1v) is 16.1. The van der Waals surface area contributed by atoms with Gasteiger partial charge in [-0.25, -0.2) is 4.79 Å². The third-order valence-corrected chi connectivity index (χ3v) is 8.38.